The highest BCUT2D eigenvalue weighted by Gasteiger charge is 2.51. The van der Waals surface area contributed by atoms with Gasteiger partial charge in [-0.3, -0.25) is 4.79 Å². The molecule has 0 aromatic heterocycles. The van der Waals surface area contributed by atoms with Crippen molar-refractivity contribution in [2.24, 2.45) is 0 Å². The molecule has 234 valence electrons. The van der Waals surface area contributed by atoms with Crippen LogP contribution in [0.5, 0.6) is 0 Å². The molecule has 0 bridgehead atoms. The topological polar surface area (TPSA) is 223 Å². The summed E-state index contributed by atoms with van der Waals surface area (Å²) in [5.41, 5.74) is 0. The number of aliphatic hydroxyl groups is 6. The van der Waals surface area contributed by atoms with Crippen molar-refractivity contribution in [1.29, 1.82) is 0 Å². The Bertz CT molecular complexity index is 742. The Hall–Kier alpha value is -1.66. The van der Waals surface area contributed by atoms with Crippen LogP contribution in [0.15, 0.2) is 0 Å². The fourth-order valence-electron chi connectivity index (χ4n) is 4.55. The second kappa shape index (κ2) is 18.0. The van der Waals surface area contributed by atoms with E-state index >= 15 is 0 Å². The molecule has 15 nitrogen and oxygen atoms in total. The second-order valence-corrected chi connectivity index (χ2v) is 9.72. The molecule has 0 aliphatic carbocycles. The van der Waals surface area contributed by atoms with Crippen LogP contribution in [-0.2, 0) is 33.2 Å². The van der Waals surface area contributed by atoms with E-state index in [1.165, 1.54) is 7.11 Å². The molecule has 0 aromatic rings. The van der Waals surface area contributed by atoms with Crippen molar-refractivity contribution in [2.45, 2.75) is 113 Å². The van der Waals surface area contributed by atoms with Crippen LogP contribution in [0.4, 0.5) is 4.79 Å². The molecule has 2 saturated heterocycles. The van der Waals surface area contributed by atoms with E-state index in [4.69, 9.17) is 23.7 Å². The molecule has 1 amide bonds. The van der Waals surface area contributed by atoms with Crippen LogP contribution in [-0.4, -0.2) is 138 Å². The number of amides is 1. The second-order valence-electron chi connectivity index (χ2n) is 9.72. The zero-order valence-corrected chi connectivity index (χ0v) is 23.0. The summed E-state index contributed by atoms with van der Waals surface area (Å²) < 4.78 is 32.3. The number of nitrogens with one attached hydrogen (secondary N) is 1. The molecule has 0 saturated carbocycles. The Morgan fingerprint density at radius 3 is 2.02 bits per heavy atom. The number of carbonyl (C=O) groups excluding carboxylic acids is 2. The van der Waals surface area contributed by atoms with Crippen LogP contribution in [0.1, 0.15) is 51.9 Å². The fraction of sp³-hybridized carbons (Fsp3) is 0.920. The first-order chi connectivity index (χ1) is 19.2. The molecule has 2 aliphatic rings. The molecule has 15 heteroatoms. The third-order valence-electron chi connectivity index (χ3n) is 6.84. The van der Waals surface area contributed by atoms with Crippen molar-refractivity contribution in [1.82, 2.24) is 5.32 Å². The minimum Gasteiger partial charge on any atom is -0.469 e. The van der Waals surface area contributed by atoms with Gasteiger partial charge in [-0.15, -0.1) is 0 Å². The number of unbranched alkanes of at least 4 members (excludes halogenated alkanes) is 5. The molecule has 2 fully saturated rings. The summed E-state index contributed by atoms with van der Waals surface area (Å²) in [6.45, 7) is 0.521. The van der Waals surface area contributed by atoms with Gasteiger partial charge < -0.3 is 64.4 Å². The molecule has 7 unspecified atom stereocenters. The lowest BCUT2D eigenvalue weighted by Crippen LogP contribution is -2.68. The Morgan fingerprint density at radius 1 is 0.800 bits per heavy atom. The van der Waals surface area contributed by atoms with E-state index in [-0.39, 0.29) is 19.2 Å². The number of ether oxygens (including phenoxy) is 6. The molecule has 7 N–H and O–H groups in total. The van der Waals surface area contributed by atoms with E-state index < -0.39 is 80.7 Å². The predicted molar refractivity (Wildman–Crippen MR) is 135 cm³/mol. The fourth-order valence-corrected chi connectivity index (χ4v) is 4.55. The smallest absolute Gasteiger partial charge is 0.407 e. The number of alkyl carbamates (subject to hydrolysis) is 1. The average molecular weight is 584 g/mol. The predicted octanol–water partition coefficient (Wildman–Crippen LogP) is -1.72. The Balaban J connectivity index is 2.04. The molecule has 10 atom stereocenters. The minimum absolute atomic E-state index is 0.0462. The molecular formula is C25H45NO14. The third kappa shape index (κ3) is 10.0. The van der Waals surface area contributed by atoms with Gasteiger partial charge in [0.25, 0.3) is 0 Å². The van der Waals surface area contributed by atoms with Crippen LogP contribution in [0.25, 0.3) is 0 Å². The number of methoxy groups -OCH3 is 1. The van der Waals surface area contributed by atoms with E-state index in [0.29, 0.717) is 12.8 Å². The molecule has 2 rings (SSSR count). The maximum absolute atomic E-state index is 12.3. The summed E-state index contributed by atoms with van der Waals surface area (Å²) >= 11 is 0. The van der Waals surface area contributed by atoms with Gasteiger partial charge in [0.1, 0.15) is 48.8 Å². The Morgan fingerprint density at radius 2 is 1.40 bits per heavy atom. The number of hydrogen-bond donors (Lipinski definition) is 7. The maximum atomic E-state index is 12.3. The highest BCUT2D eigenvalue weighted by atomic mass is 16.7. The van der Waals surface area contributed by atoms with Gasteiger partial charge in [0.2, 0.25) is 0 Å². The minimum atomic E-state index is -1.77. The molecule has 0 radical (unpaired) electrons. The van der Waals surface area contributed by atoms with E-state index in [1.807, 2.05) is 0 Å². The largest absolute Gasteiger partial charge is 0.469 e. The number of rotatable bonds is 16. The van der Waals surface area contributed by atoms with Crippen LogP contribution in [0.2, 0.25) is 0 Å². The number of carbonyl (C=O) groups is 2. The molecular weight excluding hydrogens is 538 g/mol. The summed E-state index contributed by atoms with van der Waals surface area (Å²) in [5.74, 6) is -0.230. The lowest BCUT2D eigenvalue weighted by Gasteiger charge is -2.47. The Labute approximate surface area is 233 Å². The van der Waals surface area contributed by atoms with E-state index in [2.05, 4.69) is 10.1 Å². The van der Waals surface area contributed by atoms with Gasteiger partial charge >= 0.3 is 12.1 Å². The molecule has 40 heavy (non-hydrogen) atoms. The summed E-state index contributed by atoms with van der Waals surface area (Å²) in [6, 6.07) is -1.21. The first kappa shape index (κ1) is 34.5. The van der Waals surface area contributed by atoms with Gasteiger partial charge in [0.05, 0.1) is 26.9 Å². The van der Waals surface area contributed by atoms with Crippen molar-refractivity contribution in [3.8, 4) is 0 Å². The van der Waals surface area contributed by atoms with Crippen LogP contribution >= 0.6 is 0 Å². The summed E-state index contributed by atoms with van der Waals surface area (Å²) in [6.07, 6.45) is -8.92. The molecule has 0 spiro atoms. The van der Waals surface area contributed by atoms with Gasteiger partial charge in [-0.2, -0.15) is 0 Å². The quantitative estimate of drug-likeness (QED) is 0.0794. The van der Waals surface area contributed by atoms with Gasteiger partial charge in [-0.25, -0.2) is 4.79 Å². The highest BCUT2D eigenvalue weighted by molar-refractivity contribution is 5.69. The molecule has 0 aromatic carbocycles. The van der Waals surface area contributed by atoms with Crippen molar-refractivity contribution in [3.63, 3.8) is 0 Å². The van der Waals surface area contributed by atoms with Crippen LogP contribution in [0, 0.1) is 0 Å². The maximum Gasteiger partial charge on any atom is 0.407 e. The van der Waals surface area contributed by atoms with Gasteiger partial charge in [0.15, 0.2) is 12.6 Å². The van der Waals surface area contributed by atoms with E-state index in [0.717, 1.165) is 32.1 Å². The van der Waals surface area contributed by atoms with Crippen molar-refractivity contribution >= 4 is 12.1 Å². The number of hydrogen-bond acceptors (Lipinski definition) is 14. The summed E-state index contributed by atoms with van der Waals surface area (Å²) in [5, 5.41) is 63.3. The normalized spacial score (nSPS) is 34.3. The van der Waals surface area contributed by atoms with E-state index in [9.17, 15) is 40.2 Å². The standard InChI is InChI=1S/C25H45NO14/c1-3-36-25(34)26-17-22(40-24-21(33)20(32)18(30)14(12-27)39-24)19(31)15(13-28)38-23(17)37-11-9-7-5-4-6-8-10-16(29)35-2/h14-15,17-24,27-28,30-33H,3-13H2,1-2H3,(H,26,34)/t14?,15?,17?,18-,19+,20?,21?,22?,23+,24?/m0/s1. The third-order valence-corrected chi connectivity index (χ3v) is 6.84. The summed E-state index contributed by atoms with van der Waals surface area (Å²) in [4.78, 5) is 23.5. The van der Waals surface area contributed by atoms with Gasteiger partial charge in [-0.1, -0.05) is 25.7 Å². The van der Waals surface area contributed by atoms with Crippen molar-refractivity contribution in [3.05, 3.63) is 0 Å². The molecule has 2 heterocycles. The first-order valence-electron chi connectivity index (χ1n) is 13.7. The SMILES string of the molecule is CCOC(=O)NC1C(OC2OC(CO)[C@H](O)C(O)C2O)[C@H](O)C(CO)O[C@H]1OCCCCCCCCC(=O)OC. The number of aliphatic hydroxyl groups excluding tert-OH is 6. The number of esters is 1. The summed E-state index contributed by atoms with van der Waals surface area (Å²) in [7, 11) is 1.36. The van der Waals surface area contributed by atoms with Crippen molar-refractivity contribution < 1.29 is 68.6 Å². The zero-order valence-electron chi connectivity index (χ0n) is 23.0. The lowest BCUT2D eigenvalue weighted by atomic mass is 9.95. The van der Waals surface area contributed by atoms with Crippen LogP contribution in [0.3, 0.4) is 0 Å². The van der Waals surface area contributed by atoms with E-state index in [1.54, 1.807) is 6.92 Å². The first-order valence-corrected chi connectivity index (χ1v) is 13.7. The zero-order chi connectivity index (χ0) is 29.7. The van der Waals surface area contributed by atoms with Crippen LogP contribution < -0.4 is 5.32 Å². The van der Waals surface area contributed by atoms with Gasteiger partial charge in [-0.05, 0) is 19.8 Å². The lowest BCUT2D eigenvalue weighted by molar-refractivity contribution is -0.344. The Kier molecular flexibility index (Phi) is 15.5. The average Bonchev–Trinajstić information content (AvgIpc) is 2.94. The van der Waals surface area contributed by atoms with Crippen molar-refractivity contribution in [2.75, 3.05) is 33.5 Å². The highest BCUT2D eigenvalue weighted by Crippen LogP contribution is 2.30. The monoisotopic (exact) mass is 583 g/mol. The molecule has 2 aliphatic heterocycles. The van der Waals surface area contributed by atoms with Gasteiger partial charge in [0, 0.05) is 13.0 Å².